The van der Waals surface area contributed by atoms with Crippen molar-refractivity contribution in [3.05, 3.63) is 60.6 Å². The maximum absolute atomic E-state index is 13.1. The second-order valence-electron chi connectivity index (χ2n) is 8.90. The first-order valence-corrected chi connectivity index (χ1v) is 11.6. The Hall–Kier alpha value is -3.10. The summed E-state index contributed by atoms with van der Waals surface area (Å²) in [5.41, 5.74) is 2.05. The van der Waals surface area contributed by atoms with Crippen LogP contribution in [0, 0.1) is 0 Å². The van der Waals surface area contributed by atoms with Gasteiger partial charge in [-0.25, -0.2) is 4.98 Å². The molecule has 1 amide bonds. The highest BCUT2D eigenvalue weighted by Gasteiger charge is 2.30. The zero-order chi connectivity index (χ0) is 22.8. The summed E-state index contributed by atoms with van der Waals surface area (Å²) < 4.78 is 13.9. The summed E-state index contributed by atoms with van der Waals surface area (Å²) in [5.74, 6) is 1.62. The van der Waals surface area contributed by atoms with E-state index in [-0.39, 0.29) is 18.1 Å². The summed E-state index contributed by atoms with van der Waals surface area (Å²) in [4.78, 5) is 24.3. The van der Waals surface area contributed by atoms with Gasteiger partial charge in [0.2, 0.25) is 5.91 Å². The molecule has 8 heteroatoms. The Balaban J connectivity index is 1.10. The number of amides is 1. The molecule has 5 rings (SSSR count). The van der Waals surface area contributed by atoms with Gasteiger partial charge in [0.1, 0.15) is 12.3 Å². The highest BCUT2D eigenvalue weighted by molar-refractivity contribution is 5.81. The van der Waals surface area contributed by atoms with E-state index in [0.717, 1.165) is 55.6 Å². The molecule has 8 nitrogen and oxygen atoms in total. The molecule has 0 bridgehead atoms. The van der Waals surface area contributed by atoms with E-state index in [9.17, 15) is 4.79 Å². The van der Waals surface area contributed by atoms with Crippen molar-refractivity contribution in [2.24, 2.45) is 0 Å². The third-order valence-electron chi connectivity index (χ3n) is 6.53. The molecule has 2 atom stereocenters. The molecule has 174 valence electrons. The van der Waals surface area contributed by atoms with E-state index >= 15 is 0 Å². The van der Waals surface area contributed by atoms with Gasteiger partial charge in [-0.2, -0.15) is 0 Å². The third kappa shape index (κ3) is 4.82. The quantitative estimate of drug-likeness (QED) is 0.575. The zero-order valence-corrected chi connectivity index (χ0v) is 19.3. The average Bonchev–Trinajstić information content (AvgIpc) is 3.26. The first-order chi connectivity index (χ1) is 16.1. The van der Waals surface area contributed by atoms with E-state index in [4.69, 9.17) is 14.5 Å². The molecule has 1 saturated heterocycles. The standard InChI is InChI=1S/C25H31N5O3/c1-19(25(31)27(2)17-21-18-32-22-7-3-4-8-23(22)33-21)29-13-11-28(12-14-29)15-20-16-30-10-6-5-9-24(30)26-20/h3-10,16,19,21H,11-15,17-18H2,1-2H3. The van der Waals surface area contributed by atoms with Gasteiger partial charge in [-0.05, 0) is 31.2 Å². The van der Waals surface area contributed by atoms with Crippen molar-refractivity contribution in [2.45, 2.75) is 25.6 Å². The lowest BCUT2D eigenvalue weighted by Gasteiger charge is -2.38. The van der Waals surface area contributed by atoms with Crippen LogP contribution in [-0.2, 0) is 11.3 Å². The number of piperazine rings is 1. The fraction of sp³-hybridized carbons (Fsp3) is 0.440. The number of hydrogen-bond donors (Lipinski definition) is 0. The van der Waals surface area contributed by atoms with Gasteiger partial charge in [0, 0.05) is 52.2 Å². The SMILES string of the molecule is CC(C(=O)N(C)CC1COc2ccccc2O1)N1CCN(Cc2cn3ccccc3n2)CC1. The zero-order valence-electron chi connectivity index (χ0n) is 19.3. The van der Waals surface area contributed by atoms with Gasteiger partial charge in [0.15, 0.2) is 17.6 Å². The number of aromatic nitrogens is 2. The summed E-state index contributed by atoms with van der Waals surface area (Å²) in [6.45, 7) is 7.37. The molecule has 4 heterocycles. The minimum absolute atomic E-state index is 0.117. The van der Waals surface area contributed by atoms with Crippen LogP contribution in [0.2, 0.25) is 0 Å². The molecule has 1 fully saturated rings. The Kier molecular flexibility index (Phi) is 6.20. The minimum Gasteiger partial charge on any atom is -0.486 e. The summed E-state index contributed by atoms with van der Waals surface area (Å²) in [5, 5.41) is 0. The van der Waals surface area contributed by atoms with E-state index in [1.807, 2.05) is 62.6 Å². The van der Waals surface area contributed by atoms with Crippen LogP contribution in [0.3, 0.4) is 0 Å². The molecular formula is C25H31N5O3. The Morgan fingerprint density at radius 3 is 2.67 bits per heavy atom. The molecule has 3 aromatic rings. The smallest absolute Gasteiger partial charge is 0.239 e. The van der Waals surface area contributed by atoms with Gasteiger partial charge in [-0.15, -0.1) is 0 Å². The van der Waals surface area contributed by atoms with Gasteiger partial charge in [0.05, 0.1) is 18.3 Å². The van der Waals surface area contributed by atoms with E-state index in [0.29, 0.717) is 13.2 Å². The topological polar surface area (TPSA) is 62.6 Å². The summed E-state index contributed by atoms with van der Waals surface area (Å²) in [6, 6.07) is 13.5. The number of nitrogens with zero attached hydrogens (tertiary/aromatic N) is 5. The van der Waals surface area contributed by atoms with E-state index in [2.05, 4.69) is 20.4 Å². The number of carbonyl (C=O) groups excluding carboxylic acids is 1. The van der Waals surface area contributed by atoms with Crippen molar-refractivity contribution >= 4 is 11.6 Å². The van der Waals surface area contributed by atoms with Crippen molar-refractivity contribution in [2.75, 3.05) is 46.4 Å². The molecule has 0 aliphatic carbocycles. The number of fused-ring (bicyclic) bond motifs is 2. The highest BCUT2D eigenvalue weighted by Crippen LogP contribution is 2.31. The van der Waals surface area contributed by atoms with Crippen LogP contribution in [0.1, 0.15) is 12.6 Å². The van der Waals surface area contributed by atoms with E-state index in [1.54, 1.807) is 4.90 Å². The summed E-state index contributed by atoms with van der Waals surface area (Å²) >= 11 is 0. The lowest BCUT2D eigenvalue weighted by molar-refractivity contribution is -0.137. The molecule has 1 aromatic carbocycles. The number of para-hydroxylation sites is 2. The van der Waals surface area contributed by atoms with Crippen molar-refractivity contribution in [3.63, 3.8) is 0 Å². The Morgan fingerprint density at radius 2 is 1.88 bits per heavy atom. The maximum Gasteiger partial charge on any atom is 0.239 e. The van der Waals surface area contributed by atoms with Crippen molar-refractivity contribution in [1.29, 1.82) is 0 Å². The van der Waals surface area contributed by atoms with E-state index in [1.165, 1.54) is 0 Å². The molecular weight excluding hydrogens is 418 g/mol. The van der Waals surface area contributed by atoms with Crippen LogP contribution in [0.4, 0.5) is 0 Å². The average molecular weight is 450 g/mol. The Bertz CT molecular complexity index is 1080. The number of pyridine rings is 1. The third-order valence-corrected chi connectivity index (χ3v) is 6.53. The van der Waals surface area contributed by atoms with Crippen LogP contribution < -0.4 is 9.47 Å². The fourth-order valence-electron chi connectivity index (χ4n) is 4.62. The number of benzene rings is 1. The van der Waals surface area contributed by atoms with Crippen molar-refractivity contribution in [1.82, 2.24) is 24.1 Å². The molecule has 0 spiro atoms. The van der Waals surface area contributed by atoms with Gasteiger partial charge in [-0.1, -0.05) is 18.2 Å². The van der Waals surface area contributed by atoms with E-state index < -0.39 is 0 Å². The number of carbonyl (C=O) groups is 1. The fourth-order valence-corrected chi connectivity index (χ4v) is 4.62. The first kappa shape index (κ1) is 21.7. The van der Waals surface area contributed by atoms with Gasteiger partial charge >= 0.3 is 0 Å². The Labute approximate surface area is 194 Å². The number of likely N-dealkylation sites (N-methyl/N-ethyl adjacent to an activating group) is 1. The number of hydrogen-bond acceptors (Lipinski definition) is 6. The molecule has 0 saturated carbocycles. The number of rotatable bonds is 6. The largest absolute Gasteiger partial charge is 0.486 e. The molecule has 2 unspecified atom stereocenters. The molecule has 0 N–H and O–H groups in total. The monoisotopic (exact) mass is 449 g/mol. The van der Waals surface area contributed by atoms with Gasteiger partial charge in [0.25, 0.3) is 0 Å². The van der Waals surface area contributed by atoms with Gasteiger partial charge < -0.3 is 18.8 Å². The van der Waals surface area contributed by atoms with Crippen LogP contribution in [0.15, 0.2) is 54.9 Å². The summed E-state index contributed by atoms with van der Waals surface area (Å²) in [6.07, 6.45) is 3.96. The lowest BCUT2D eigenvalue weighted by atomic mass is 10.2. The number of ether oxygens (including phenoxy) is 2. The second kappa shape index (κ2) is 9.41. The molecule has 33 heavy (non-hydrogen) atoms. The van der Waals surface area contributed by atoms with Crippen molar-refractivity contribution in [3.8, 4) is 11.5 Å². The van der Waals surface area contributed by atoms with Crippen LogP contribution >= 0.6 is 0 Å². The molecule has 0 radical (unpaired) electrons. The lowest BCUT2D eigenvalue weighted by Crippen LogP contribution is -2.55. The molecule has 2 aliphatic heterocycles. The van der Waals surface area contributed by atoms with Crippen LogP contribution in [0.25, 0.3) is 5.65 Å². The Morgan fingerprint density at radius 1 is 1.12 bits per heavy atom. The van der Waals surface area contributed by atoms with Crippen LogP contribution in [0.5, 0.6) is 11.5 Å². The predicted octanol–water partition coefficient (Wildman–Crippen LogP) is 2.14. The predicted molar refractivity (Wildman–Crippen MR) is 125 cm³/mol. The molecule has 2 aliphatic rings. The normalized spacial score (nSPS) is 20.0. The number of imidazole rings is 1. The second-order valence-corrected chi connectivity index (χ2v) is 8.90. The first-order valence-electron chi connectivity index (χ1n) is 11.6. The maximum atomic E-state index is 13.1. The summed E-state index contributed by atoms with van der Waals surface area (Å²) in [7, 11) is 1.85. The highest BCUT2D eigenvalue weighted by atomic mass is 16.6. The minimum atomic E-state index is -0.164. The van der Waals surface area contributed by atoms with Crippen molar-refractivity contribution < 1.29 is 14.3 Å². The molecule has 2 aromatic heterocycles. The van der Waals surface area contributed by atoms with Crippen LogP contribution in [-0.4, -0.2) is 88.5 Å². The van der Waals surface area contributed by atoms with Gasteiger partial charge in [-0.3, -0.25) is 14.6 Å².